The first-order chi connectivity index (χ1) is 12.2. The van der Waals surface area contributed by atoms with Crippen LogP contribution in [0.5, 0.6) is 5.75 Å². The molecule has 1 aliphatic rings. The van der Waals surface area contributed by atoms with Crippen molar-refractivity contribution in [3.8, 4) is 5.75 Å². The number of ether oxygens (including phenoxy) is 1. The third kappa shape index (κ3) is 4.10. The number of carbonyl (C=O) groups is 1. The first kappa shape index (κ1) is 17.3. The molecule has 2 aromatic rings. The lowest BCUT2D eigenvalue weighted by Crippen LogP contribution is -2.33. The zero-order valence-corrected chi connectivity index (χ0v) is 14.5. The van der Waals surface area contributed by atoms with Crippen LogP contribution in [-0.2, 0) is 30.8 Å². The molecule has 134 valence electrons. The molecule has 25 heavy (non-hydrogen) atoms. The van der Waals surface area contributed by atoms with Gasteiger partial charge in [0.2, 0.25) is 5.91 Å². The molecule has 0 spiro atoms. The van der Waals surface area contributed by atoms with E-state index in [1.165, 1.54) is 4.68 Å². The van der Waals surface area contributed by atoms with Crippen LogP contribution in [0.3, 0.4) is 0 Å². The molecule has 0 radical (unpaired) electrons. The molecule has 1 amide bonds. The number of aromatic nitrogens is 3. The number of carbonyl (C=O) groups excluding carboxylic acids is 1. The van der Waals surface area contributed by atoms with Crippen molar-refractivity contribution in [2.75, 3.05) is 6.61 Å². The van der Waals surface area contributed by atoms with E-state index in [0.29, 0.717) is 19.7 Å². The SMILES string of the molecule is CCOc1ccccc1CNC(=O)Cn1nc2n(c1=O)CCCCC2. The molecule has 0 bridgehead atoms. The van der Waals surface area contributed by atoms with E-state index in [9.17, 15) is 9.59 Å². The molecule has 7 nitrogen and oxygen atoms in total. The smallest absolute Gasteiger partial charge is 0.346 e. The number of fused-ring (bicyclic) bond motifs is 1. The van der Waals surface area contributed by atoms with Crippen molar-refractivity contribution in [3.05, 3.63) is 46.1 Å². The summed E-state index contributed by atoms with van der Waals surface area (Å²) in [6.45, 7) is 3.48. The Morgan fingerprint density at radius 2 is 2.12 bits per heavy atom. The van der Waals surface area contributed by atoms with Crippen LogP contribution < -0.4 is 15.7 Å². The highest BCUT2D eigenvalue weighted by atomic mass is 16.5. The Hall–Kier alpha value is -2.57. The van der Waals surface area contributed by atoms with Crippen LogP contribution in [-0.4, -0.2) is 26.9 Å². The van der Waals surface area contributed by atoms with E-state index in [4.69, 9.17) is 4.74 Å². The van der Waals surface area contributed by atoms with Gasteiger partial charge in [-0.2, -0.15) is 5.10 Å². The number of benzene rings is 1. The molecule has 1 N–H and O–H groups in total. The van der Waals surface area contributed by atoms with Gasteiger partial charge in [0.25, 0.3) is 0 Å². The second kappa shape index (κ2) is 8.00. The van der Waals surface area contributed by atoms with Crippen molar-refractivity contribution in [2.45, 2.75) is 52.2 Å². The van der Waals surface area contributed by atoms with Crippen LogP contribution in [0.4, 0.5) is 0 Å². The summed E-state index contributed by atoms with van der Waals surface area (Å²) in [6.07, 6.45) is 3.93. The molecule has 0 saturated heterocycles. The van der Waals surface area contributed by atoms with Crippen LogP contribution in [0.2, 0.25) is 0 Å². The van der Waals surface area contributed by atoms with Gasteiger partial charge in [0.15, 0.2) is 0 Å². The number of amides is 1. The van der Waals surface area contributed by atoms with E-state index in [-0.39, 0.29) is 18.1 Å². The lowest BCUT2D eigenvalue weighted by atomic mass is 10.2. The van der Waals surface area contributed by atoms with E-state index < -0.39 is 0 Å². The summed E-state index contributed by atoms with van der Waals surface area (Å²) in [4.78, 5) is 24.6. The minimum Gasteiger partial charge on any atom is -0.494 e. The van der Waals surface area contributed by atoms with E-state index in [2.05, 4.69) is 10.4 Å². The third-order valence-corrected chi connectivity index (χ3v) is 4.32. The van der Waals surface area contributed by atoms with E-state index in [1.54, 1.807) is 4.57 Å². The van der Waals surface area contributed by atoms with Gasteiger partial charge in [-0.15, -0.1) is 0 Å². The van der Waals surface area contributed by atoms with Crippen LogP contribution in [0.1, 0.15) is 37.6 Å². The Bertz CT molecular complexity index is 794. The first-order valence-corrected chi connectivity index (χ1v) is 8.83. The number of hydrogen-bond donors (Lipinski definition) is 1. The molecule has 1 aromatic carbocycles. The van der Waals surface area contributed by atoms with Crippen molar-refractivity contribution in [1.82, 2.24) is 19.7 Å². The highest BCUT2D eigenvalue weighted by molar-refractivity contribution is 5.75. The van der Waals surface area contributed by atoms with E-state index >= 15 is 0 Å². The van der Waals surface area contributed by atoms with Crippen molar-refractivity contribution >= 4 is 5.91 Å². The number of para-hydroxylation sites is 1. The largest absolute Gasteiger partial charge is 0.494 e. The molecule has 0 unspecified atom stereocenters. The molecule has 7 heteroatoms. The highest BCUT2D eigenvalue weighted by Crippen LogP contribution is 2.17. The maximum absolute atomic E-state index is 12.4. The maximum atomic E-state index is 12.4. The normalized spacial score (nSPS) is 13.8. The van der Waals surface area contributed by atoms with Crippen molar-refractivity contribution in [1.29, 1.82) is 0 Å². The predicted molar refractivity (Wildman–Crippen MR) is 93.5 cm³/mol. The zero-order valence-electron chi connectivity index (χ0n) is 14.5. The van der Waals surface area contributed by atoms with Crippen LogP contribution >= 0.6 is 0 Å². The first-order valence-electron chi connectivity index (χ1n) is 8.83. The summed E-state index contributed by atoms with van der Waals surface area (Å²) in [5, 5.41) is 7.17. The predicted octanol–water partition coefficient (Wildman–Crippen LogP) is 1.49. The fourth-order valence-electron chi connectivity index (χ4n) is 3.06. The van der Waals surface area contributed by atoms with Crippen LogP contribution in [0.25, 0.3) is 0 Å². The highest BCUT2D eigenvalue weighted by Gasteiger charge is 2.17. The molecule has 3 rings (SSSR count). The summed E-state index contributed by atoms with van der Waals surface area (Å²) < 4.78 is 8.52. The van der Waals surface area contributed by atoms with Crippen LogP contribution in [0.15, 0.2) is 29.1 Å². The van der Waals surface area contributed by atoms with E-state index in [1.807, 2.05) is 31.2 Å². The number of rotatable bonds is 6. The van der Waals surface area contributed by atoms with Gasteiger partial charge < -0.3 is 10.1 Å². The van der Waals surface area contributed by atoms with Crippen molar-refractivity contribution < 1.29 is 9.53 Å². The molecule has 0 atom stereocenters. The molecule has 1 aromatic heterocycles. The summed E-state index contributed by atoms with van der Waals surface area (Å²) in [5.41, 5.74) is 0.715. The molecule has 0 saturated carbocycles. The molecule has 0 fully saturated rings. The van der Waals surface area contributed by atoms with Crippen molar-refractivity contribution in [3.63, 3.8) is 0 Å². The van der Waals surface area contributed by atoms with Gasteiger partial charge in [-0.25, -0.2) is 9.48 Å². The van der Waals surface area contributed by atoms with Gasteiger partial charge in [-0.3, -0.25) is 9.36 Å². The fraction of sp³-hybridized carbons (Fsp3) is 0.500. The molecule has 2 heterocycles. The maximum Gasteiger partial charge on any atom is 0.346 e. The molecule has 1 aliphatic heterocycles. The number of aryl methyl sites for hydroxylation is 1. The second-order valence-corrected chi connectivity index (χ2v) is 6.14. The molecular weight excluding hydrogens is 320 g/mol. The number of hydrogen-bond acceptors (Lipinski definition) is 4. The Labute approximate surface area is 146 Å². The topological polar surface area (TPSA) is 78.2 Å². The summed E-state index contributed by atoms with van der Waals surface area (Å²) in [7, 11) is 0. The van der Waals surface area contributed by atoms with E-state index in [0.717, 1.165) is 42.8 Å². The molecular formula is C18H24N4O3. The zero-order chi connectivity index (χ0) is 17.6. The summed E-state index contributed by atoms with van der Waals surface area (Å²) in [5.74, 6) is 1.31. The van der Waals surface area contributed by atoms with Gasteiger partial charge in [-0.1, -0.05) is 24.6 Å². The fourth-order valence-corrected chi connectivity index (χ4v) is 3.06. The Morgan fingerprint density at radius 3 is 2.96 bits per heavy atom. The van der Waals surface area contributed by atoms with Gasteiger partial charge in [0.05, 0.1) is 6.61 Å². The van der Waals surface area contributed by atoms with Crippen molar-refractivity contribution in [2.24, 2.45) is 0 Å². The van der Waals surface area contributed by atoms with Gasteiger partial charge >= 0.3 is 5.69 Å². The Balaban J connectivity index is 1.63. The second-order valence-electron chi connectivity index (χ2n) is 6.14. The summed E-state index contributed by atoms with van der Waals surface area (Å²) >= 11 is 0. The standard InChI is InChI=1S/C18H24N4O3/c1-2-25-15-9-6-5-8-14(15)12-19-17(23)13-22-18(24)21-11-7-3-4-10-16(21)20-22/h5-6,8-9H,2-4,7,10-13H2,1H3,(H,19,23). The quantitative estimate of drug-likeness (QED) is 0.861. The van der Waals surface area contributed by atoms with Crippen LogP contribution in [0, 0.1) is 0 Å². The third-order valence-electron chi connectivity index (χ3n) is 4.32. The van der Waals surface area contributed by atoms with Gasteiger partial charge in [0.1, 0.15) is 18.1 Å². The number of nitrogens with one attached hydrogen (secondary N) is 1. The summed E-state index contributed by atoms with van der Waals surface area (Å²) in [6, 6.07) is 7.59. The minimum absolute atomic E-state index is 0.0599. The Kier molecular flexibility index (Phi) is 5.53. The van der Waals surface area contributed by atoms with Gasteiger partial charge in [-0.05, 0) is 25.8 Å². The number of nitrogens with zero attached hydrogens (tertiary/aromatic N) is 3. The average molecular weight is 344 g/mol. The monoisotopic (exact) mass is 344 g/mol. The Morgan fingerprint density at radius 1 is 1.28 bits per heavy atom. The van der Waals surface area contributed by atoms with Gasteiger partial charge in [0, 0.05) is 25.1 Å². The lowest BCUT2D eigenvalue weighted by molar-refractivity contribution is -0.122. The minimum atomic E-state index is -0.235. The average Bonchev–Trinajstić information content (AvgIpc) is 2.78. The molecule has 0 aliphatic carbocycles. The lowest BCUT2D eigenvalue weighted by Gasteiger charge is -2.10.